The van der Waals surface area contributed by atoms with E-state index in [-0.39, 0.29) is 0 Å². The van der Waals surface area contributed by atoms with Gasteiger partial charge in [-0.2, -0.15) is 0 Å². The molecule has 108 valence electrons. The van der Waals surface area contributed by atoms with Crippen LogP contribution < -0.4 is 5.32 Å². The van der Waals surface area contributed by atoms with Crippen molar-refractivity contribution in [1.82, 2.24) is 5.32 Å². The first-order valence-corrected chi connectivity index (χ1v) is 7.85. The molecule has 1 aliphatic heterocycles. The van der Waals surface area contributed by atoms with Gasteiger partial charge in [-0.05, 0) is 43.1 Å². The molecule has 0 aromatic heterocycles. The minimum absolute atomic E-state index is 0.634. The van der Waals surface area contributed by atoms with Gasteiger partial charge in [-0.25, -0.2) is 4.79 Å². The van der Waals surface area contributed by atoms with Crippen LogP contribution in [0.15, 0.2) is 64.4 Å². The Morgan fingerprint density at radius 1 is 1.10 bits per heavy atom. The number of benzene rings is 2. The highest BCUT2D eigenvalue weighted by Gasteiger charge is 2.44. The van der Waals surface area contributed by atoms with Gasteiger partial charge in [-0.3, -0.25) is 5.32 Å². The first-order chi connectivity index (χ1) is 10.2. The molecule has 2 aromatic rings. The minimum atomic E-state index is -0.946. The molecule has 2 aromatic carbocycles. The fourth-order valence-electron chi connectivity index (χ4n) is 2.80. The van der Waals surface area contributed by atoms with E-state index < -0.39 is 11.5 Å². The van der Waals surface area contributed by atoms with Gasteiger partial charge in [-0.15, -0.1) is 0 Å². The summed E-state index contributed by atoms with van der Waals surface area (Å²) in [5.41, 5.74) is -0.0814. The summed E-state index contributed by atoms with van der Waals surface area (Å²) < 4.78 is 0. The van der Waals surface area contributed by atoms with Crippen molar-refractivity contribution in [3.8, 4) is 0 Å². The fourth-order valence-corrected chi connectivity index (χ4v) is 3.84. The van der Waals surface area contributed by atoms with Crippen LogP contribution in [0.4, 0.5) is 0 Å². The number of hydrogen-bond acceptors (Lipinski definition) is 3. The number of carboxylic acids is 1. The third-order valence-electron chi connectivity index (χ3n) is 3.84. The molecule has 1 heterocycles. The highest BCUT2D eigenvalue weighted by molar-refractivity contribution is 7.99. The number of carboxylic acid groups (broad SMARTS) is 1. The fraction of sp³-hybridized carbons (Fsp3) is 0.235. The second-order valence-corrected chi connectivity index (χ2v) is 6.27. The Balaban J connectivity index is 2.01. The molecule has 0 aliphatic carbocycles. The molecule has 0 bridgehead atoms. The Hall–Kier alpha value is -1.78. The summed E-state index contributed by atoms with van der Waals surface area (Å²) in [4.78, 5) is 14.0. The average molecular weight is 299 g/mol. The van der Waals surface area contributed by atoms with Crippen molar-refractivity contribution >= 4 is 17.7 Å². The van der Waals surface area contributed by atoms with Crippen molar-refractivity contribution in [1.29, 1.82) is 0 Å². The molecular formula is C17H17NO2S. The predicted octanol–water partition coefficient (Wildman–Crippen LogP) is 3.50. The van der Waals surface area contributed by atoms with Gasteiger partial charge in [0.25, 0.3) is 0 Å². The minimum Gasteiger partial charge on any atom is -0.480 e. The van der Waals surface area contributed by atoms with Crippen LogP contribution in [-0.2, 0) is 10.3 Å². The number of aliphatic carboxylic acids is 1. The van der Waals surface area contributed by atoms with E-state index >= 15 is 0 Å². The van der Waals surface area contributed by atoms with Gasteiger partial charge in [-0.1, -0.05) is 48.2 Å². The van der Waals surface area contributed by atoms with Crippen LogP contribution in [0.2, 0.25) is 0 Å². The molecule has 0 amide bonds. The molecule has 1 saturated heterocycles. The van der Waals surface area contributed by atoms with Gasteiger partial charge < -0.3 is 5.11 Å². The molecule has 0 radical (unpaired) electrons. The van der Waals surface area contributed by atoms with Gasteiger partial charge in [0.05, 0.1) is 0 Å². The summed E-state index contributed by atoms with van der Waals surface area (Å²) in [6.45, 7) is 0.747. The van der Waals surface area contributed by atoms with E-state index in [1.807, 2.05) is 54.6 Å². The van der Waals surface area contributed by atoms with Crippen LogP contribution >= 0.6 is 11.8 Å². The smallest absolute Gasteiger partial charge is 0.328 e. The van der Waals surface area contributed by atoms with E-state index in [1.54, 1.807) is 11.8 Å². The third-order valence-corrected chi connectivity index (χ3v) is 4.92. The molecule has 1 fully saturated rings. The molecule has 21 heavy (non-hydrogen) atoms. The Labute approximate surface area is 128 Å². The molecule has 1 atom stereocenters. The molecular weight excluding hydrogens is 282 g/mol. The Bertz CT molecular complexity index is 636. The summed E-state index contributed by atoms with van der Waals surface area (Å²) in [5.74, 6) is -0.791. The zero-order valence-corrected chi connectivity index (χ0v) is 12.4. The highest BCUT2D eigenvalue weighted by Crippen LogP contribution is 2.39. The van der Waals surface area contributed by atoms with Crippen molar-refractivity contribution in [2.75, 3.05) is 6.54 Å². The van der Waals surface area contributed by atoms with Crippen LogP contribution in [0.5, 0.6) is 0 Å². The number of hydrogen-bond donors (Lipinski definition) is 2. The molecule has 0 spiro atoms. The maximum Gasteiger partial charge on any atom is 0.328 e. The summed E-state index contributed by atoms with van der Waals surface area (Å²) in [7, 11) is 0. The largest absolute Gasteiger partial charge is 0.480 e. The van der Waals surface area contributed by atoms with Crippen molar-refractivity contribution < 1.29 is 9.90 Å². The lowest BCUT2D eigenvalue weighted by Gasteiger charge is -2.27. The summed E-state index contributed by atoms with van der Waals surface area (Å²) in [6.07, 6.45) is 1.52. The third kappa shape index (κ3) is 2.69. The second-order valence-electron chi connectivity index (χ2n) is 5.15. The number of rotatable bonds is 4. The van der Waals surface area contributed by atoms with Crippen LogP contribution in [0.3, 0.4) is 0 Å². The molecule has 1 aliphatic rings. The highest BCUT2D eigenvalue weighted by atomic mass is 32.2. The average Bonchev–Trinajstić information content (AvgIpc) is 3.00. The molecule has 4 heteroatoms. The van der Waals surface area contributed by atoms with Crippen LogP contribution in [0.1, 0.15) is 18.4 Å². The van der Waals surface area contributed by atoms with Crippen LogP contribution in [0, 0.1) is 0 Å². The molecule has 0 saturated carbocycles. The Morgan fingerprint density at radius 3 is 2.48 bits per heavy atom. The van der Waals surface area contributed by atoms with E-state index in [2.05, 4.69) is 5.32 Å². The first-order valence-electron chi connectivity index (χ1n) is 7.03. The molecule has 0 unspecified atom stereocenters. The normalized spacial score (nSPS) is 21.3. The van der Waals surface area contributed by atoms with Crippen molar-refractivity contribution in [3.63, 3.8) is 0 Å². The van der Waals surface area contributed by atoms with Gasteiger partial charge in [0.15, 0.2) is 0 Å². The maximum absolute atomic E-state index is 11.9. The van der Waals surface area contributed by atoms with E-state index in [0.29, 0.717) is 6.42 Å². The summed E-state index contributed by atoms with van der Waals surface area (Å²) in [6, 6.07) is 17.8. The van der Waals surface area contributed by atoms with Crippen molar-refractivity contribution in [2.24, 2.45) is 0 Å². The molecule has 3 nitrogen and oxygen atoms in total. The van der Waals surface area contributed by atoms with Gasteiger partial charge in [0.1, 0.15) is 5.54 Å². The van der Waals surface area contributed by atoms with Crippen LogP contribution in [0.25, 0.3) is 0 Å². The molecule has 3 rings (SSSR count). The van der Waals surface area contributed by atoms with E-state index in [9.17, 15) is 9.90 Å². The topological polar surface area (TPSA) is 49.3 Å². The summed E-state index contributed by atoms with van der Waals surface area (Å²) in [5, 5.41) is 12.9. The zero-order valence-electron chi connectivity index (χ0n) is 11.6. The Kier molecular flexibility index (Phi) is 3.99. The zero-order chi connectivity index (χ0) is 14.7. The number of carbonyl (C=O) groups is 1. The van der Waals surface area contributed by atoms with Gasteiger partial charge in [0, 0.05) is 9.79 Å². The lowest BCUT2D eigenvalue weighted by molar-refractivity contribution is -0.144. The monoisotopic (exact) mass is 299 g/mol. The van der Waals surface area contributed by atoms with Gasteiger partial charge in [0.2, 0.25) is 0 Å². The van der Waals surface area contributed by atoms with E-state index in [1.165, 1.54) is 0 Å². The first kappa shape index (κ1) is 14.2. The second kappa shape index (κ2) is 5.92. The summed E-state index contributed by atoms with van der Waals surface area (Å²) >= 11 is 1.61. The predicted molar refractivity (Wildman–Crippen MR) is 83.6 cm³/mol. The standard InChI is InChI=1S/C17H17NO2S/c19-16(20)17(11-6-12-18-17)14-9-4-5-10-15(14)21-13-7-2-1-3-8-13/h1-5,7-10,18H,6,11-12H2,(H,19,20)/t17-/m1/s1. The molecule has 2 N–H and O–H groups in total. The SMILES string of the molecule is O=C(O)[C@]1(c2ccccc2Sc2ccccc2)CCCN1. The van der Waals surface area contributed by atoms with E-state index in [4.69, 9.17) is 0 Å². The van der Waals surface area contributed by atoms with Crippen LogP contribution in [-0.4, -0.2) is 17.6 Å². The lowest BCUT2D eigenvalue weighted by atomic mass is 9.88. The lowest BCUT2D eigenvalue weighted by Crippen LogP contribution is -2.44. The maximum atomic E-state index is 11.9. The van der Waals surface area contributed by atoms with Crippen molar-refractivity contribution in [3.05, 3.63) is 60.2 Å². The van der Waals surface area contributed by atoms with E-state index in [0.717, 1.165) is 28.3 Å². The Morgan fingerprint density at radius 2 is 1.81 bits per heavy atom. The van der Waals surface area contributed by atoms with Crippen molar-refractivity contribution in [2.45, 2.75) is 28.2 Å². The van der Waals surface area contributed by atoms with Gasteiger partial charge >= 0.3 is 5.97 Å². The quantitative estimate of drug-likeness (QED) is 0.907. The number of nitrogens with one attached hydrogen (secondary N) is 1.